The van der Waals surface area contributed by atoms with E-state index in [1.165, 1.54) is 0 Å². The van der Waals surface area contributed by atoms with Gasteiger partial charge >= 0.3 is 6.03 Å². The SMILES string of the molecule is CCOc1c(CN[SH](=O)=O)cc(C(C)(C)C)cc1NC(=O)Nc1ccc(Oc2ccnc(Nc3cc(OC)cc(OCCOCCOCCOC)c3)n2)c2ccccc12. The molecule has 0 aliphatic rings. The van der Waals surface area contributed by atoms with E-state index in [0.717, 1.165) is 16.3 Å². The number of carbonyl (C=O) groups excluding carboxylic acids is 1. The van der Waals surface area contributed by atoms with Crippen LogP contribution in [0, 0.1) is 0 Å². The second-order valence-electron chi connectivity index (χ2n) is 13.9. The van der Waals surface area contributed by atoms with Crippen molar-refractivity contribution in [1.82, 2.24) is 14.7 Å². The van der Waals surface area contributed by atoms with Crippen molar-refractivity contribution in [2.75, 3.05) is 76.4 Å². The molecule has 0 fully saturated rings. The average molecular weight is 833 g/mol. The topological polar surface area (TPSA) is 190 Å². The highest BCUT2D eigenvalue weighted by Crippen LogP contribution is 2.37. The summed E-state index contributed by atoms with van der Waals surface area (Å²) >= 11 is 0. The van der Waals surface area contributed by atoms with Crippen molar-refractivity contribution in [3.8, 4) is 28.9 Å². The number of hydrogen-bond acceptors (Lipinski definition) is 13. The van der Waals surface area contributed by atoms with Crippen molar-refractivity contribution in [3.05, 3.63) is 90.1 Å². The van der Waals surface area contributed by atoms with Crippen LogP contribution in [0.3, 0.4) is 0 Å². The van der Waals surface area contributed by atoms with Crippen LogP contribution in [0.15, 0.2) is 79.0 Å². The number of carbonyl (C=O) groups is 1. The van der Waals surface area contributed by atoms with Gasteiger partial charge in [-0.25, -0.2) is 22.9 Å². The van der Waals surface area contributed by atoms with E-state index >= 15 is 0 Å². The van der Waals surface area contributed by atoms with Crippen molar-refractivity contribution in [1.29, 1.82) is 0 Å². The fourth-order valence-corrected chi connectivity index (χ4v) is 6.08. The number of hydrogen-bond donors (Lipinski definition) is 5. The molecule has 5 aromatic rings. The van der Waals surface area contributed by atoms with Crippen LogP contribution >= 0.6 is 0 Å². The van der Waals surface area contributed by atoms with E-state index in [1.54, 1.807) is 56.8 Å². The normalized spacial score (nSPS) is 11.4. The molecule has 1 heterocycles. The molecule has 4 aromatic carbocycles. The summed E-state index contributed by atoms with van der Waals surface area (Å²) in [6, 6.07) is 21.2. The molecule has 0 saturated carbocycles. The molecule has 1 aromatic heterocycles. The van der Waals surface area contributed by atoms with Gasteiger partial charge in [0.15, 0.2) is 0 Å². The van der Waals surface area contributed by atoms with Gasteiger partial charge in [0.25, 0.3) is 0 Å². The van der Waals surface area contributed by atoms with Crippen LogP contribution in [0.1, 0.15) is 38.8 Å². The first kappa shape index (κ1) is 44.4. The lowest BCUT2D eigenvalue weighted by Gasteiger charge is -2.24. The number of urea groups is 1. The molecule has 316 valence electrons. The fourth-order valence-electron chi connectivity index (χ4n) is 5.78. The first-order chi connectivity index (χ1) is 28.5. The summed E-state index contributed by atoms with van der Waals surface area (Å²) in [6.45, 7) is 10.9. The fraction of sp³-hybridized carbons (Fsp3) is 0.357. The van der Waals surface area contributed by atoms with Gasteiger partial charge in [0.2, 0.25) is 22.7 Å². The van der Waals surface area contributed by atoms with Crippen molar-refractivity contribution in [2.24, 2.45) is 0 Å². The van der Waals surface area contributed by atoms with Crippen molar-refractivity contribution >= 4 is 50.7 Å². The summed E-state index contributed by atoms with van der Waals surface area (Å²) in [5.41, 5.74) is 2.75. The summed E-state index contributed by atoms with van der Waals surface area (Å²) in [7, 11) is 0.356. The maximum atomic E-state index is 13.6. The van der Waals surface area contributed by atoms with Gasteiger partial charge in [-0.15, -0.1) is 0 Å². The number of fused-ring (bicyclic) bond motifs is 1. The molecule has 17 heteroatoms. The van der Waals surface area contributed by atoms with Gasteiger partial charge in [0.1, 0.15) is 29.6 Å². The molecule has 0 spiro atoms. The standard InChI is InChI=1S/C42H52N6O10S/c1-7-56-39-28(27-44-59(50)51)22-29(42(2,3)4)23-36(39)47-41(49)46-35-12-13-37(34-11-9-8-10-33(34)35)58-38-14-15-43-40(48-38)45-30-24-31(53-6)26-32(25-30)57-21-20-55-19-18-54-17-16-52-5/h8-15,22-26,59H,7,16-21,27H2,1-6H3,(H,43,45,48)(H,44,50,51)(H2,46,47,49). The summed E-state index contributed by atoms with van der Waals surface area (Å²) in [5.74, 6) is 2.58. The lowest BCUT2D eigenvalue weighted by Crippen LogP contribution is -2.22. The maximum Gasteiger partial charge on any atom is 0.323 e. The Balaban J connectivity index is 1.28. The number of rotatable bonds is 22. The molecule has 5 rings (SSSR count). The summed E-state index contributed by atoms with van der Waals surface area (Å²) in [5, 5.41) is 10.5. The molecule has 16 nitrogen and oxygen atoms in total. The van der Waals surface area contributed by atoms with Gasteiger partial charge < -0.3 is 49.1 Å². The van der Waals surface area contributed by atoms with Crippen LogP contribution in [0.2, 0.25) is 0 Å². The second kappa shape index (κ2) is 21.9. The van der Waals surface area contributed by atoms with Crippen LogP contribution in [0.4, 0.5) is 27.8 Å². The number of thiol groups is 1. The highest BCUT2D eigenvalue weighted by atomic mass is 32.2. The molecular weight excluding hydrogens is 781 g/mol. The molecule has 0 saturated heterocycles. The Morgan fingerprint density at radius 1 is 0.780 bits per heavy atom. The molecule has 0 radical (unpaired) electrons. The molecule has 0 bridgehead atoms. The van der Waals surface area contributed by atoms with Gasteiger partial charge in [-0.2, -0.15) is 4.98 Å². The molecule has 0 aliphatic heterocycles. The third kappa shape index (κ3) is 13.4. The van der Waals surface area contributed by atoms with Crippen LogP contribution in [-0.2, 0) is 37.1 Å². The van der Waals surface area contributed by atoms with Gasteiger partial charge in [0.05, 0.1) is 58.1 Å². The van der Waals surface area contributed by atoms with E-state index in [0.29, 0.717) is 91.9 Å². The van der Waals surface area contributed by atoms with E-state index < -0.39 is 16.9 Å². The second-order valence-corrected chi connectivity index (χ2v) is 14.8. The van der Waals surface area contributed by atoms with Crippen LogP contribution in [0.25, 0.3) is 10.8 Å². The average Bonchev–Trinajstić information content (AvgIpc) is 3.20. The Hall–Kier alpha value is -5.72. The minimum absolute atomic E-state index is 0.00535. The van der Waals surface area contributed by atoms with E-state index in [4.69, 9.17) is 33.2 Å². The van der Waals surface area contributed by atoms with Crippen LogP contribution in [-0.4, -0.2) is 84.9 Å². The summed E-state index contributed by atoms with van der Waals surface area (Å²) in [4.78, 5) is 22.5. The van der Waals surface area contributed by atoms with Gasteiger partial charge in [-0.1, -0.05) is 51.1 Å². The minimum atomic E-state index is -2.84. The smallest absolute Gasteiger partial charge is 0.323 e. The number of methoxy groups -OCH3 is 2. The molecule has 4 N–H and O–H groups in total. The molecule has 0 unspecified atom stereocenters. The zero-order chi connectivity index (χ0) is 42.2. The van der Waals surface area contributed by atoms with E-state index in [2.05, 4.69) is 30.6 Å². The van der Waals surface area contributed by atoms with Gasteiger partial charge in [-0.3, -0.25) is 0 Å². The van der Waals surface area contributed by atoms with Crippen LogP contribution in [0.5, 0.6) is 28.9 Å². The molecule has 2 amide bonds. The number of nitrogens with zero attached hydrogens (tertiary/aromatic N) is 2. The van der Waals surface area contributed by atoms with Gasteiger partial charge in [-0.05, 0) is 36.1 Å². The zero-order valence-electron chi connectivity index (χ0n) is 34.1. The lowest BCUT2D eigenvalue weighted by molar-refractivity contribution is 0.0179. The summed E-state index contributed by atoms with van der Waals surface area (Å²) < 4.78 is 64.7. The van der Waals surface area contributed by atoms with E-state index in [9.17, 15) is 13.2 Å². The first-order valence-electron chi connectivity index (χ1n) is 19.0. The Morgan fingerprint density at radius 2 is 1.49 bits per heavy atom. The van der Waals surface area contributed by atoms with Crippen molar-refractivity contribution in [3.63, 3.8) is 0 Å². The number of ether oxygens (including phenoxy) is 7. The predicted octanol–water partition coefficient (Wildman–Crippen LogP) is 7.19. The predicted molar refractivity (Wildman–Crippen MR) is 227 cm³/mol. The van der Waals surface area contributed by atoms with E-state index in [1.807, 2.05) is 64.1 Å². The zero-order valence-corrected chi connectivity index (χ0v) is 35.0. The van der Waals surface area contributed by atoms with Crippen LogP contribution < -0.4 is 39.6 Å². The Morgan fingerprint density at radius 3 is 2.20 bits per heavy atom. The Kier molecular flexibility index (Phi) is 16.5. The summed E-state index contributed by atoms with van der Waals surface area (Å²) in [6.07, 6.45) is 1.58. The van der Waals surface area contributed by atoms with Crippen molar-refractivity contribution in [2.45, 2.75) is 39.7 Å². The molecule has 0 atom stereocenters. The highest BCUT2D eigenvalue weighted by Gasteiger charge is 2.22. The Labute approximate surface area is 346 Å². The maximum absolute atomic E-state index is 13.6. The van der Waals surface area contributed by atoms with Gasteiger partial charge in [0, 0.05) is 66.1 Å². The number of benzene rings is 4. The van der Waals surface area contributed by atoms with Crippen molar-refractivity contribution < 1.29 is 46.4 Å². The largest absolute Gasteiger partial charge is 0.497 e. The van der Waals surface area contributed by atoms with E-state index in [-0.39, 0.29) is 23.8 Å². The lowest BCUT2D eigenvalue weighted by atomic mass is 9.85. The third-order valence-corrected chi connectivity index (χ3v) is 9.03. The molecular formula is C42H52N6O10S. The Bertz CT molecular complexity index is 2240. The number of nitrogens with one attached hydrogen (secondary N) is 4. The number of amides is 2. The quantitative estimate of drug-likeness (QED) is 0.0349. The monoisotopic (exact) mass is 832 g/mol. The molecule has 59 heavy (non-hydrogen) atoms. The highest BCUT2D eigenvalue weighted by molar-refractivity contribution is 7.70. The first-order valence-corrected chi connectivity index (χ1v) is 20.2. The molecule has 0 aliphatic carbocycles. The minimum Gasteiger partial charge on any atom is -0.497 e. The number of anilines is 4. The third-order valence-electron chi connectivity index (χ3n) is 8.62. The number of aromatic nitrogens is 2.